The Morgan fingerprint density at radius 1 is 0.481 bits per heavy atom. The van der Waals surface area contributed by atoms with Gasteiger partial charge in [0.1, 0.15) is 0 Å². The summed E-state index contributed by atoms with van der Waals surface area (Å²) in [5.74, 6) is 0. The van der Waals surface area contributed by atoms with E-state index in [0.29, 0.717) is 4.22 Å². The van der Waals surface area contributed by atoms with Crippen molar-refractivity contribution in [2.24, 2.45) is 0 Å². The number of hydrogen-bond acceptors (Lipinski definition) is 0. The Hall–Kier alpha value is -4.04. The van der Waals surface area contributed by atoms with Crippen LogP contribution in [0.25, 0.3) is 33.4 Å². The molecule has 6 aromatic carbocycles. The number of fused-ring (bicyclic) bond motifs is 3. The average Bonchev–Trinajstić information content (AvgIpc) is 3.74. The molecule has 3 heteroatoms. The van der Waals surface area contributed by atoms with E-state index in [2.05, 4.69) is 183 Å². The standard InChI is InChI=1S/C31H29.C15H14.C5H5.2ClH.Ti/c1-18-11-20(3)30(21(4)12-18)24-7-9-28-26(15-24)17-27-16-25(8-10-29(27)28)31-22(5)13-19(2)14-23(31)6;1-12-3-7-14(8-4-12)11-15-9-5-13(2)6-10-15;1-2-4-5-3-1;;;/h7-17H,1-6H3;3-10H,1-2H3;1-3H,4H2;2*1H;/q;;;;;+2/p-2. The van der Waals surface area contributed by atoms with Gasteiger partial charge in [-0.3, -0.25) is 0 Å². The smallest absolute Gasteiger partial charge is 1.00 e. The summed E-state index contributed by atoms with van der Waals surface area (Å²) in [5.41, 5.74) is 24.6. The first-order valence-electron chi connectivity index (χ1n) is 18.8. The van der Waals surface area contributed by atoms with E-state index in [9.17, 15) is 0 Å². The fourth-order valence-electron chi connectivity index (χ4n) is 9.21. The molecule has 0 saturated heterocycles. The van der Waals surface area contributed by atoms with E-state index in [-0.39, 0.29) is 24.8 Å². The molecule has 0 radical (unpaired) electrons. The van der Waals surface area contributed by atoms with Crippen molar-refractivity contribution < 1.29 is 42.2 Å². The summed E-state index contributed by atoms with van der Waals surface area (Å²) in [5, 5.41) is 0. The molecular weight excluding hydrogens is 731 g/mol. The summed E-state index contributed by atoms with van der Waals surface area (Å²) in [6, 6.07) is 43.0. The molecule has 0 amide bonds. The van der Waals surface area contributed by atoms with Gasteiger partial charge in [0.05, 0.1) is 0 Å². The number of rotatable bonds is 6. The molecule has 0 nitrogen and oxygen atoms in total. The number of halogens is 2. The van der Waals surface area contributed by atoms with Crippen LogP contribution in [0.15, 0.2) is 131 Å². The van der Waals surface area contributed by atoms with E-state index in [1.165, 1.54) is 100 Å². The van der Waals surface area contributed by atoms with Gasteiger partial charge in [0.25, 0.3) is 0 Å². The molecule has 0 aliphatic heterocycles. The molecule has 0 aromatic heterocycles. The first-order chi connectivity index (χ1) is 25.1. The molecule has 8 rings (SSSR count). The van der Waals surface area contributed by atoms with Crippen molar-refractivity contribution >= 4 is 3.81 Å². The van der Waals surface area contributed by atoms with Crippen LogP contribution in [0.2, 0.25) is 0 Å². The van der Waals surface area contributed by atoms with Gasteiger partial charge in [-0.25, -0.2) is 0 Å². The van der Waals surface area contributed by atoms with Crippen molar-refractivity contribution in [3.05, 3.63) is 198 Å². The summed E-state index contributed by atoms with van der Waals surface area (Å²) in [6.45, 7) is 17.9. The number of allylic oxidation sites excluding steroid dienone is 4. The third kappa shape index (κ3) is 7.23. The molecule has 54 heavy (non-hydrogen) atoms. The quantitative estimate of drug-likeness (QED) is 0.156. The minimum Gasteiger partial charge on any atom is -1.00 e. The minimum absolute atomic E-state index is 0. The van der Waals surface area contributed by atoms with Gasteiger partial charge in [0.2, 0.25) is 0 Å². The van der Waals surface area contributed by atoms with Crippen LogP contribution < -0.4 is 24.8 Å². The molecular formula is C51H48Cl2Ti. The second-order valence-electron chi connectivity index (χ2n) is 15.4. The molecule has 270 valence electrons. The fourth-order valence-corrected chi connectivity index (χ4v) is 14.9. The van der Waals surface area contributed by atoms with E-state index in [1.807, 2.05) is 0 Å². The third-order valence-corrected chi connectivity index (χ3v) is 16.6. The van der Waals surface area contributed by atoms with Crippen molar-refractivity contribution in [3.63, 3.8) is 0 Å². The maximum absolute atomic E-state index is 2.59. The molecule has 0 saturated carbocycles. The number of aryl methyl sites for hydroxylation is 8. The van der Waals surface area contributed by atoms with Crippen LogP contribution in [0.5, 0.6) is 0 Å². The molecule has 0 spiro atoms. The van der Waals surface area contributed by atoms with E-state index < -0.39 is 17.4 Å². The minimum atomic E-state index is -2.42. The van der Waals surface area contributed by atoms with Crippen molar-refractivity contribution in [3.8, 4) is 33.4 Å². The van der Waals surface area contributed by atoms with Gasteiger partial charge < -0.3 is 24.8 Å². The van der Waals surface area contributed by atoms with Crippen molar-refractivity contribution in [1.29, 1.82) is 0 Å². The summed E-state index contributed by atoms with van der Waals surface area (Å²) in [7, 11) is 0. The first-order valence-corrected chi connectivity index (χ1v) is 21.2. The second kappa shape index (κ2) is 16.0. The predicted octanol–water partition coefficient (Wildman–Crippen LogP) is 7.30. The van der Waals surface area contributed by atoms with Crippen LogP contribution in [0, 0.1) is 55.4 Å². The molecule has 0 bridgehead atoms. The van der Waals surface area contributed by atoms with Crippen LogP contribution in [-0.2, 0) is 17.4 Å². The SMILES string of the molecule is Cc1ccc([C](c2ccc(C)cc2)=[Ti+2]([C]2=CC=CC2)[CH]2c3cc(-c4c(C)cc(C)cc4C)ccc3-c3ccc(-c4c(C)cc(C)cc4C)cc32)cc1.[Cl-].[Cl-]. The maximum atomic E-state index is 2.59. The van der Waals surface area contributed by atoms with Crippen LogP contribution in [0.1, 0.15) is 77.4 Å². The molecule has 2 aliphatic carbocycles. The van der Waals surface area contributed by atoms with Gasteiger partial charge in [0, 0.05) is 0 Å². The zero-order valence-corrected chi connectivity index (χ0v) is 35.7. The van der Waals surface area contributed by atoms with Crippen LogP contribution in [-0.4, -0.2) is 3.81 Å². The number of hydrogen-bond donors (Lipinski definition) is 0. The Bertz CT molecular complexity index is 2290. The van der Waals surface area contributed by atoms with Gasteiger partial charge in [-0.15, -0.1) is 0 Å². The van der Waals surface area contributed by atoms with Crippen LogP contribution in [0.3, 0.4) is 0 Å². The van der Waals surface area contributed by atoms with E-state index in [4.69, 9.17) is 0 Å². The second-order valence-corrected chi connectivity index (χ2v) is 19.4. The van der Waals surface area contributed by atoms with Crippen molar-refractivity contribution in [2.45, 2.75) is 66.0 Å². The zero-order chi connectivity index (χ0) is 36.3. The van der Waals surface area contributed by atoms with Crippen LogP contribution >= 0.6 is 0 Å². The van der Waals surface area contributed by atoms with Gasteiger partial charge >= 0.3 is 319 Å². The fraction of sp³-hybridized carbons (Fsp3) is 0.196. The molecule has 0 N–H and O–H groups in total. The summed E-state index contributed by atoms with van der Waals surface area (Å²) in [6.07, 6.45) is 8.20. The summed E-state index contributed by atoms with van der Waals surface area (Å²) < 4.78 is 3.51. The molecule has 2 aliphatic rings. The monoisotopic (exact) mass is 778 g/mol. The van der Waals surface area contributed by atoms with Gasteiger partial charge in [-0.1, -0.05) is 0 Å². The van der Waals surface area contributed by atoms with E-state index >= 15 is 0 Å². The molecule has 0 fully saturated rings. The summed E-state index contributed by atoms with van der Waals surface area (Å²) >= 11 is -2.42. The Balaban J connectivity index is 0.00000249. The largest absolute Gasteiger partial charge is 1.00 e. The van der Waals surface area contributed by atoms with Gasteiger partial charge in [-0.2, -0.15) is 0 Å². The molecule has 6 aromatic rings. The first kappa shape index (κ1) is 39.7. The Labute approximate surface area is 341 Å². The zero-order valence-electron chi connectivity index (χ0n) is 32.7. The number of benzene rings is 6. The Morgan fingerprint density at radius 2 is 0.889 bits per heavy atom. The summed E-state index contributed by atoms with van der Waals surface area (Å²) in [4.78, 5) is 0. The average molecular weight is 780 g/mol. The normalized spacial score (nSPS) is 12.6. The van der Waals surface area contributed by atoms with Crippen LogP contribution in [0.4, 0.5) is 0 Å². The molecule has 0 unspecified atom stereocenters. The van der Waals surface area contributed by atoms with Gasteiger partial charge in [-0.05, 0) is 0 Å². The third-order valence-electron chi connectivity index (χ3n) is 11.3. The maximum Gasteiger partial charge on any atom is -1.00 e. The van der Waals surface area contributed by atoms with E-state index in [0.717, 1.165) is 6.42 Å². The van der Waals surface area contributed by atoms with Crippen molar-refractivity contribution in [1.82, 2.24) is 0 Å². The van der Waals surface area contributed by atoms with Gasteiger partial charge in [0.15, 0.2) is 0 Å². The molecule has 0 atom stereocenters. The van der Waals surface area contributed by atoms with Crippen molar-refractivity contribution in [2.75, 3.05) is 0 Å². The Morgan fingerprint density at radius 3 is 1.26 bits per heavy atom. The Kier molecular flexibility index (Phi) is 11.7. The topological polar surface area (TPSA) is 0 Å². The molecule has 0 heterocycles. The predicted molar refractivity (Wildman–Crippen MR) is 220 cm³/mol. The van der Waals surface area contributed by atoms with E-state index in [1.54, 1.807) is 7.69 Å².